The second kappa shape index (κ2) is 11.0. The number of hydrogen-bond donors (Lipinski definition) is 1. The number of aryl methyl sites for hydroxylation is 1. The van der Waals surface area contributed by atoms with Gasteiger partial charge in [0.25, 0.3) is 0 Å². The average molecular weight is 559 g/mol. The Morgan fingerprint density at radius 3 is 2.54 bits per heavy atom. The summed E-state index contributed by atoms with van der Waals surface area (Å²) in [5.41, 5.74) is 4.71. The Labute approximate surface area is 233 Å². The molecule has 5 aromatic rings. The molecule has 1 saturated heterocycles. The lowest BCUT2D eigenvalue weighted by Gasteiger charge is -2.30. The molecule has 2 aromatic carbocycles. The molecular formula is C29H25F3N8O. The Bertz CT molecular complexity index is 1670. The Morgan fingerprint density at radius 2 is 1.76 bits per heavy atom. The maximum atomic E-state index is 13.6. The molecule has 0 bridgehead atoms. The van der Waals surface area contributed by atoms with E-state index in [-0.39, 0.29) is 0 Å². The molecule has 208 valence electrons. The minimum Gasteiger partial charge on any atom is -0.378 e. The number of nitrogens with zero attached hydrogens (tertiary/aromatic N) is 7. The summed E-state index contributed by atoms with van der Waals surface area (Å²) in [6, 6.07) is 15.0. The van der Waals surface area contributed by atoms with Gasteiger partial charge in [0.2, 0.25) is 5.95 Å². The Hall–Kier alpha value is -4.84. The third-order valence-corrected chi connectivity index (χ3v) is 6.79. The molecule has 0 aliphatic carbocycles. The highest BCUT2D eigenvalue weighted by atomic mass is 19.4. The summed E-state index contributed by atoms with van der Waals surface area (Å²) in [7, 11) is 0. The van der Waals surface area contributed by atoms with Crippen LogP contribution < -0.4 is 10.2 Å². The van der Waals surface area contributed by atoms with Gasteiger partial charge in [0.1, 0.15) is 5.69 Å². The van der Waals surface area contributed by atoms with Gasteiger partial charge in [-0.15, -0.1) is 5.10 Å². The topological polar surface area (TPSA) is 93.9 Å². The second-order valence-corrected chi connectivity index (χ2v) is 9.51. The van der Waals surface area contributed by atoms with Crippen LogP contribution >= 0.6 is 0 Å². The van der Waals surface area contributed by atoms with Crippen LogP contribution in [0.2, 0.25) is 0 Å². The first-order chi connectivity index (χ1) is 19.8. The number of hydrogen-bond acceptors (Lipinski definition) is 8. The van der Waals surface area contributed by atoms with E-state index in [0.717, 1.165) is 40.2 Å². The maximum absolute atomic E-state index is 13.6. The van der Waals surface area contributed by atoms with Crippen molar-refractivity contribution in [1.82, 2.24) is 29.9 Å². The maximum Gasteiger partial charge on any atom is 0.416 e. The van der Waals surface area contributed by atoms with Crippen molar-refractivity contribution in [1.29, 1.82) is 0 Å². The third kappa shape index (κ3) is 5.73. The van der Waals surface area contributed by atoms with E-state index in [0.29, 0.717) is 49.3 Å². The van der Waals surface area contributed by atoms with E-state index in [2.05, 4.69) is 30.6 Å². The van der Waals surface area contributed by atoms with E-state index in [1.165, 1.54) is 10.7 Å². The van der Waals surface area contributed by atoms with Gasteiger partial charge in [0.15, 0.2) is 0 Å². The fourth-order valence-electron chi connectivity index (χ4n) is 4.60. The Kier molecular flexibility index (Phi) is 7.06. The van der Waals surface area contributed by atoms with Crippen molar-refractivity contribution in [3.05, 3.63) is 90.5 Å². The third-order valence-electron chi connectivity index (χ3n) is 6.79. The summed E-state index contributed by atoms with van der Waals surface area (Å²) in [6.45, 7) is 4.08. The van der Waals surface area contributed by atoms with Gasteiger partial charge in [-0.05, 0) is 55.0 Å². The molecule has 1 aliphatic rings. The number of ether oxygens (including phenoxy) is 1. The van der Waals surface area contributed by atoms with Crippen LogP contribution in [0, 0.1) is 6.92 Å². The number of benzene rings is 2. The molecule has 0 spiro atoms. The van der Waals surface area contributed by atoms with Crippen molar-refractivity contribution in [3.63, 3.8) is 0 Å². The van der Waals surface area contributed by atoms with Crippen LogP contribution in [-0.4, -0.2) is 56.2 Å². The molecule has 9 nitrogen and oxygen atoms in total. The van der Waals surface area contributed by atoms with Crippen LogP contribution in [0.1, 0.15) is 11.1 Å². The van der Waals surface area contributed by atoms with Crippen LogP contribution in [0.15, 0.2) is 79.4 Å². The zero-order valence-electron chi connectivity index (χ0n) is 22.0. The van der Waals surface area contributed by atoms with Gasteiger partial charge in [-0.3, -0.25) is 4.98 Å². The van der Waals surface area contributed by atoms with Gasteiger partial charge < -0.3 is 15.0 Å². The molecule has 0 radical (unpaired) electrons. The molecule has 0 atom stereocenters. The zero-order valence-corrected chi connectivity index (χ0v) is 22.0. The lowest BCUT2D eigenvalue weighted by molar-refractivity contribution is -0.137. The van der Waals surface area contributed by atoms with E-state index in [1.807, 2.05) is 48.2 Å². The van der Waals surface area contributed by atoms with Crippen LogP contribution in [0.5, 0.6) is 0 Å². The van der Waals surface area contributed by atoms with Crippen molar-refractivity contribution in [2.24, 2.45) is 0 Å². The number of aromatic nitrogens is 6. The molecular weight excluding hydrogens is 533 g/mol. The molecule has 0 saturated carbocycles. The summed E-state index contributed by atoms with van der Waals surface area (Å²) in [6.07, 6.45) is 2.24. The summed E-state index contributed by atoms with van der Waals surface area (Å²) >= 11 is 0. The number of anilines is 3. The first-order valence-electron chi connectivity index (χ1n) is 12.9. The molecule has 6 rings (SSSR count). The lowest BCUT2D eigenvalue weighted by Crippen LogP contribution is -2.37. The summed E-state index contributed by atoms with van der Waals surface area (Å²) in [5, 5.41) is 11.8. The number of rotatable bonds is 6. The minimum atomic E-state index is -4.49. The van der Waals surface area contributed by atoms with E-state index < -0.39 is 11.7 Å². The normalized spacial score (nSPS) is 13.8. The minimum absolute atomic E-state index is 0.298. The highest BCUT2D eigenvalue weighted by Gasteiger charge is 2.32. The Balaban J connectivity index is 1.31. The standard InChI is InChI=1S/C29H25F3N8O/c1-19-4-5-20(15-24(19)36-28-34-10-8-23(35-28)21-3-2-9-33-17-21)25-18-40(38-37-25)27-16-22(29(30,31)32)6-7-26(27)39-11-13-41-14-12-39/h2-10,15-18H,11-14H2,1H3,(H,34,35,36). The average Bonchev–Trinajstić information content (AvgIpc) is 3.49. The molecule has 1 N–H and O–H groups in total. The highest BCUT2D eigenvalue weighted by molar-refractivity contribution is 5.71. The van der Waals surface area contributed by atoms with Crippen molar-refractivity contribution in [3.8, 4) is 28.2 Å². The second-order valence-electron chi connectivity index (χ2n) is 9.51. The van der Waals surface area contributed by atoms with Gasteiger partial charge in [0, 0.05) is 48.5 Å². The van der Waals surface area contributed by atoms with E-state index in [1.54, 1.807) is 24.8 Å². The molecule has 3 aromatic heterocycles. The highest BCUT2D eigenvalue weighted by Crippen LogP contribution is 2.35. The zero-order chi connectivity index (χ0) is 28.4. The fraction of sp³-hybridized carbons (Fsp3) is 0.207. The van der Waals surface area contributed by atoms with Gasteiger partial charge in [-0.1, -0.05) is 17.3 Å². The molecule has 0 amide bonds. The smallest absolute Gasteiger partial charge is 0.378 e. The number of alkyl halides is 3. The summed E-state index contributed by atoms with van der Waals surface area (Å²) in [5.74, 6) is 0.411. The molecule has 1 fully saturated rings. The molecule has 4 heterocycles. The first kappa shape index (κ1) is 26.4. The summed E-state index contributed by atoms with van der Waals surface area (Å²) in [4.78, 5) is 15.1. The monoisotopic (exact) mass is 558 g/mol. The quantitative estimate of drug-likeness (QED) is 0.284. The van der Waals surface area contributed by atoms with Crippen LogP contribution in [0.25, 0.3) is 28.2 Å². The van der Waals surface area contributed by atoms with Crippen molar-refractivity contribution in [2.75, 3.05) is 36.5 Å². The van der Waals surface area contributed by atoms with E-state index in [9.17, 15) is 13.2 Å². The number of nitrogens with one attached hydrogen (secondary N) is 1. The molecule has 1 aliphatic heterocycles. The number of morpholine rings is 1. The summed E-state index contributed by atoms with van der Waals surface area (Å²) < 4.78 is 47.7. The van der Waals surface area contributed by atoms with Gasteiger partial charge in [0.05, 0.1) is 42.0 Å². The van der Waals surface area contributed by atoms with Gasteiger partial charge in [-0.25, -0.2) is 14.6 Å². The molecule has 0 unspecified atom stereocenters. The van der Waals surface area contributed by atoms with Gasteiger partial charge in [-0.2, -0.15) is 13.2 Å². The SMILES string of the molecule is Cc1ccc(-c2cn(-c3cc(C(F)(F)F)ccc3N3CCOCC3)nn2)cc1Nc1nccc(-c2cccnc2)n1. The van der Waals surface area contributed by atoms with E-state index >= 15 is 0 Å². The predicted octanol–water partition coefficient (Wildman–Crippen LogP) is 5.69. The predicted molar refractivity (Wildman–Crippen MR) is 148 cm³/mol. The van der Waals surface area contributed by atoms with Gasteiger partial charge >= 0.3 is 6.18 Å². The first-order valence-corrected chi connectivity index (χ1v) is 12.9. The van der Waals surface area contributed by atoms with Crippen molar-refractivity contribution >= 4 is 17.3 Å². The molecule has 41 heavy (non-hydrogen) atoms. The van der Waals surface area contributed by atoms with Crippen molar-refractivity contribution < 1.29 is 17.9 Å². The van der Waals surface area contributed by atoms with E-state index in [4.69, 9.17) is 4.74 Å². The van der Waals surface area contributed by atoms with Crippen molar-refractivity contribution in [2.45, 2.75) is 13.1 Å². The molecule has 12 heteroatoms. The number of halogens is 3. The van der Waals surface area contributed by atoms with Crippen LogP contribution in [-0.2, 0) is 10.9 Å². The largest absolute Gasteiger partial charge is 0.416 e. The Morgan fingerprint density at radius 1 is 0.902 bits per heavy atom. The van der Waals surface area contributed by atoms with Crippen LogP contribution in [0.4, 0.5) is 30.5 Å². The lowest BCUT2D eigenvalue weighted by atomic mass is 10.1. The fourth-order valence-corrected chi connectivity index (χ4v) is 4.60. The number of pyridine rings is 1. The van der Waals surface area contributed by atoms with Crippen LogP contribution in [0.3, 0.4) is 0 Å².